The van der Waals surface area contributed by atoms with Gasteiger partial charge in [-0.15, -0.1) is 0 Å². The topological polar surface area (TPSA) is 0 Å². The molecule has 0 atom stereocenters. The molecule has 83 heavy (non-hydrogen) atoms. The fourth-order valence-corrected chi connectivity index (χ4v) is 14.1. The zero-order valence-corrected chi connectivity index (χ0v) is 46.4. The molecule has 0 fully saturated rings. The second kappa shape index (κ2) is 19.4. The Morgan fingerprint density at radius 3 is 1.22 bits per heavy atom. The molecule has 0 spiro atoms. The van der Waals surface area contributed by atoms with E-state index in [4.69, 9.17) is 0 Å². The fourth-order valence-electron chi connectivity index (χ4n) is 14.1. The molecule has 0 aliphatic heterocycles. The van der Waals surface area contributed by atoms with E-state index in [1.54, 1.807) is 0 Å². The van der Waals surface area contributed by atoms with E-state index in [9.17, 15) is 0 Å². The predicted octanol–water partition coefficient (Wildman–Crippen LogP) is 22.3. The standard InChI is InChI=1S/C83H56/c1-53-30-36-65(37-31-53)83(66-38-32-54(2)33-39-66)79-29-12-11-28-73(79)74-40-35-64(52-80(74)83)68-43-42-67(71-26-9-10-27-72(68)71)61-23-15-24-62(50-61)69-44-46-77-78-51-60(59-22-13-20-57(48-59)55-16-5-3-6-17-55)34-41-76(78)81-70(45-47-75(69)82(77)81)63-25-14-21-58(49-63)56-18-7-4-8-19-56/h3-52H,1-2H3. The van der Waals surface area contributed by atoms with Crippen molar-refractivity contribution in [2.24, 2.45) is 0 Å². The zero-order valence-electron chi connectivity index (χ0n) is 46.4. The molecular weight excluding hydrogens is 997 g/mol. The first-order valence-electron chi connectivity index (χ1n) is 29.0. The minimum absolute atomic E-state index is 0.488. The van der Waals surface area contributed by atoms with Crippen LogP contribution in [0, 0.1) is 13.8 Å². The molecule has 2 aliphatic carbocycles. The molecule has 0 radical (unpaired) electrons. The predicted molar refractivity (Wildman–Crippen MR) is 351 cm³/mol. The van der Waals surface area contributed by atoms with Gasteiger partial charge in [0.25, 0.3) is 0 Å². The van der Waals surface area contributed by atoms with Gasteiger partial charge in [0, 0.05) is 0 Å². The van der Waals surface area contributed by atoms with Crippen molar-refractivity contribution in [3.63, 3.8) is 0 Å². The third-order valence-electron chi connectivity index (χ3n) is 18.1. The fraction of sp³-hybridized carbons (Fsp3) is 0.0361. The van der Waals surface area contributed by atoms with Crippen molar-refractivity contribution >= 4 is 21.5 Å². The van der Waals surface area contributed by atoms with E-state index >= 15 is 0 Å². The van der Waals surface area contributed by atoms with E-state index < -0.39 is 5.41 Å². The number of rotatable bonds is 9. The van der Waals surface area contributed by atoms with Crippen LogP contribution in [-0.2, 0) is 5.41 Å². The van der Waals surface area contributed by atoms with Gasteiger partial charge >= 0.3 is 0 Å². The smallest absolute Gasteiger partial charge is 0.0622 e. The van der Waals surface area contributed by atoms with Crippen LogP contribution in [0.25, 0.3) is 133 Å². The summed E-state index contributed by atoms with van der Waals surface area (Å²) in [5.74, 6) is 0. The third-order valence-corrected chi connectivity index (χ3v) is 18.1. The Labute approximate surface area is 486 Å². The highest BCUT2D eigenvalue weighted by Crippen LogP contribution is 2.58. The minimum Gasteiger partial charge on any atom is -0.0622 e. The van der Waals surface area contributed by atoms with Gasteiger partial charge in [-0.1, -0.05) is 284 Å². The SMILES string of the molecule is Cc1ccc(C2(c3ccc(C)cc3)c3ccccc3-c3ccc(-c4ccc(-c5cccc(-c6ccc7c8c(c(-c9cccc(-c%10ccccc%10)c9)ccc68)-c6ccc(-c8cccc(-c9ccccc9)c8)cc6-7)c5)c5ccccc45)cc32)cc1. The summed E-state index contributed by atoms with van der Waals surface area (Å²) in [6.07, 6.45) is 0. The number of hydrogen-bond donors (Lipinski definition) is 0. The number of hydrogen-bond acceptors (Lipinski definition) is 0. The van der Waals surface area contributed by atoms with Crippen molar-refractivity contribution in [2.45, 2.75) is 19.3 Å². The van der Waals surface area contributed by atoms with E-state index in [0.29, 0.717) is 0 Å². The highest BCUT2D eigenvalue weighted by molar-refractivity contribution is 6.22. The lowest BCUT2D eigenvalue weighted by Crippen LogP contribution is -2.28. The monoisotopic (exact) mass is 1050 g/mol. The molecule has 0 saturated carbocycles. The van der Waals surface area contributed by atoms with Gasteiger partial charge in [0.15, 0.2) is 0 Å². The lowest BCUT2D eigenvalue weighted by atomic mass is 9.67. The first kappa shape index (κ1) is 48.5. The lowest BCUT2D eigenvalue weighted by molar-refractivity contribution is 0.768. The van der Waals surface area contributed by atoms with Crippen LogP contribution in [0.5, 0.6) is 0 Å². The van der Waals surface area contributed by atoms with E-state index in [2.05, 4.69) is 317 Å². The van der Waals surface area contributed by atoms with E-state index in [0.717, 1.165) is 0 Å². The largest absolute Gasteiger partial charge is 0.0713 e. The van der Waals surface area contributed by atoms with Crippen molar-refractivity contribution in [1.82, 2.24) is 0 Å². The molecular formula is C83H56. The average Bonchev–Trinajstić information content (AvgIpc) is 2.20. The van der Waals surface area contributed by atoms with Crippen molar-refractivity contribution in [3.8, 4) is 111 Å². The van der Waals surface area contributed by atoms with Gasteiger partial charge in [0.05, 0.1) is 5.41 Å². The van der Waals surface area contributed by atoms with Crippen LogP contribution < -0.4 is 0 Å². The van der Waals surface area contributed by atoms with Gasteiger partial charge < -0.3 is 0 Å². The molecule has 14 aromatic carbocycles. The third kappa shape index (κ3) is 7.82. The van der Waals surface area contributed by atoms with E-state index in [1.807, 2.05) is 0 Å². The molecule has 16 rings (SSSR count). The Morgan fingerprint density at radius 1 is 0.205 bits per heavy atom. The Hall–Kier alpha value is -10.4. The zero-order chi connectivity index (χ0) is 55.2. The van der Waals surface area contributed by atoms with E-state index in [1.165, 1.54) is 166 Å². The highest BCUT2D eigenvalue weighted by Gasteiger charge is 2.46. The highest BCUT2D eigenvalue weighted by atomic mass is 14.5. The Kier molecular flexibility index (Phi) is 11.3. The van der Waals surface area contributed by atoms with Crippen LogP contribution in [0.15, 0.2) is 303 Å². The van der Waals surface area contributed by atoms with Gasteiger partial charge in [0.1, 0.15) is 0 Å². The quantitative estimate of drug-likeness (QED) is 0.135. The van der Waals surface area contributed by atoms with Crippen molar-refractivity contribution in [3.05, 3.63) is 337 Å². The average molecular weight is 1050 g/mol. The van der Waals surface area contributed by atoms with Gasteiger partial charge in [-0.3, -0.25) is 0 Å². The molecule has 0 unspecified atom stereocenters. The van der Waals surface area contributed by atoms with Gasteiger partial charge in [-0.25, -0.2) is 0 Å². The summed E-state index contributed by atoms with van der Waals surface area (Å²) in [6, 6.07) is 114. The first-order chi connectivity index (χ1) is 41.0. The Balaban J connectivity index is 0.825. The minimum atomic E-state index is -0.488. The Morgan fingerprint density at radius 2 is 0.602 bits per heavy atom. The first-order valence-corrected chi connectivity index (χ1v) is 29.0. The van der Waals surface area contributed by atoms with Crippen molar-refractivity contribution in [2.75, 3.05) is 0 Å². The van der Waals surface area contributed by atoms with Crippen molar-refractivity contribution in [1.29, 1.82) is 0 Å². The summed E-state index contributed by atoms with van der Waals surface area (Å²) in [4.78, 5) is 0. The van der Waals surface area contributed by atoms with Crippen molar-refractivity contribution < 1.29 is 0 Å². The molecule has 2 aliphatic rings. The second-order valence-corrected chi connectivity index (χ2v) is 22.8. The summed E-state index contributed by atoms with van der Waals surface area (Å²) in [6.45, 7) is 4.36. The van der Waals surface area contributed by atoms with Crippen LogP contribution in [0.1, 0.15) is 33.4 Å². The number of aryl methyl sites for hydroxylation is 2. The number of benzene rings is 14. The van der Waals surface area contributed by atoms with Crippen LogP contribution in [-0.4, -0.2) is 0 Å². The summed E-state index contributed by atoms with van der Waals surface area (Å²) in [7, 11) is 0. The maximum absolute atomic E-state index is 2.50. The number of fused-ring (bicyclic) bond motifs is 7. The summed E-state index contributed by atoms with van der Waals surface area (Å²) in [5, 5.41) is 5.03. The van der Waals surface area contributed by atoms with Crippen LogP contribution in [0.4, 0.5) is 0 Å². The van der Waals surface area contributed by atoms with Gasteiger partial charge in [-0.2, -0.15) is 0 Å². The normalized spacial score (nSPS) is 12.6. The molecule has 0 heteroatoms. The van der Waals surface area contributed by atoms with Gasteiger partial charge in [0.2, 0.25) is 0 Å². The maximum atomic E-state index is 2.50. The Bertz CT molecular complexity index is 4840. The summed E-state index contributed by atoms with van der Waals surface area (Å²) in [5.41, 5.74) is 32.0. The molecule has 0 saturated heterocycles. The lowest BCUT2D eigenvalue weighted by Gasteiger charge is -2.34. The molecule has 14 aromatic rings. The molecule has 0 heterocycles. The molecule has 0 aromatic heterocycles. The molecule has 0 bridgehead atoms. The summed E-state index contributed by atoms with van der Waals surface area (Å²) >= 11 is 0. The van der Waals surface area contributed by atoms with E-state index in [-0.39, 0.29) is 0 Å². The summed E-state index contributed by atoms with van der Waals surface area (Å²) < 4.78 is 0. The van der Waals surface area contributed by atoms with Crippen LogP contribution >= 0.6 is 0 Å². The second-order valence-electron chi connectivity index (χ2n) is 22.8. The molecule has 0 amide bonds. The maximum Gasteiger partial charge on any atom is 0.0713 e. The van der Waals surface area contributed by atoms with Crippen LogP contribution in [0.3, 0.4) is 0 Å². The van der Waals surface area contributed by atoms with Crippen LogP contribution in [0.2, 0.25) is 0 Å². The molecule has 0 N–H and O–H groups in total. The molecule has 388 valence electrons. The van der Waals surface area contributed by atoms with Gasteiger partial charge in [-0.05, 0) is 199 Å². The molecule has 0 nitrogen and oxygen atoms in total.